The van der Waals surface area contributed by atoms with Crippen LogP contribution in [0.25, 0.3) is 0 Å². The predicted octanol–water partition coefficient (Wildman–Crippen LogP) is 0.0678. The van der Waals surface area contributed by atoms with Gasteiger partial charge in [-0.05, 0) is 32.0 Å². The molecule has 0 bridgehead atoms. The minimum absolute atomic E-state index is 0.0166. The third kappa shape index (κ3) is 3.13. The lowest BCUT2D eigenvalue weighted by Gasteiger charge is -2.29. The number of primary amides is 2. The maximum Gasteiger partial charge on any atom is 0.248 e. The number of carbonyl (C=O) groups is 2. The van der Waals surface area contributed by atoms with E-state index in [2.05, 4.69) is 0 Å². The molecule has 0 aliphatic rings. The fourth-order valence-electron chi connectivity index (χ4n) is 1.66. The van der Waals surface area contributed by atoms with Crippen molar-refractivity contribution in [3.8, 4) is 0 Å². The second kappa shape index (κ2) is 5.39. The van der Waals surface area contributed by atoms with Crippen molar-refractivity contribution in [3.63, 3.8) is 0 Å². The van der Waals surface area contributed by atoms with E-state index >= 15 is 0 Å². The second-order valence-corrected chi connectivity index (χ2v) is 4.33. The number of carbonyl (C=O) groups excluding carboxylic acids is 2. The van der Waals surface area contributed by atoms with Crippen LogP contribution in [0.1, 0.15) is 24.2 Å². The smallest absolute Gasteiger partial charge is 0.248 e. The van der Waals surface area contributed by atoms with Gasteiger partial charge in [0.1, 0.15) is 0 Å². The van der Waals surface area contributed by atoms with Crippen LogP contribution in [0, 0.1) is 0 Å². The lowest BCUT2D eigenvalue weighted by molar-refractivity contribution is -0.116. The maximum absolute atomic E-state index is 11.2. The van der Waals surface area contributed by atoms with E-state index in [4.69, 9.17) is 17.2 Å². The predicted molar refractivity (Wildman–Crippen MR) is 71.0 cm³/mol. The maximum atomic E-state index is 11.2. The molecule has 98 valence electrons. The van der Waals surface area contributed by atoms with Gasteiger partial charge in [-0.15, -0.1) is 0 Å². The molecule has 0 atom stereocenters. The van der Waals surface area contributed by atoms with E-state index in [0.717, 1.165) is 0 Å². The fraction of sp³-hybridized carbons (Fsp3) is 0.333. The summed E-state index contributed by atoms with van der Waals surface area (Å²) in [6.45, 7) is 3.84. The summed E-state index contributed by atoms with van der Waals surface area (Å²) in [5, 5.41) is 0. The quantitative estimate of drug-likeness (QED) is 0.641. The molecule has 0 unspecified atom stereocenters. The van der Waals surface area contributed by atoms with Crippen LogP contribution < -0.4 is 22.1 Å². The van der Waals surface area contributed by atoms with Gasteiger partial charge in [0.25, 0.3) is 0 Å². The van der Waals surface area contributed by atoms with Gasteiger partial charge in [-0.25, -0.2) is 0 Å². The average Bonchev–Trinajstić information content (AvgIpc) is 2.26. The monoisotopic (exact) mass is 250 g/mol. The number of amides is 2. The van der Waals surface area contributed by atoms with Crippen molar-refractivity contribution in [1.29, 1.82) is 0 Å². The molecule has 2 amide bonds. The standard InChI is InChI=1S/C12H18N4O2/c1-7(2)16(6-11(14)17)10-5-8(12(15)18)3-4-9(10)13/h3-5,7H,6,13H2,1-2H3,(H2,14,17)(H2,15,18). The van der Waals surface area contributed by atoms with E-state index < -0.39 is 11.8 Å². The number of hydrogen-bond donors (Lipinski definition) is 3. The Kier molecular flexibility index (Phi) is 4.14. The Morgan fingerprint density at radius 3 is 2.33 bits per heavy atom. The number of hydrogen-bond acceptors (Lipinski definition) is 4. The van der Waals surface area contributed by atoms with Crippen LogP contribution in [0.15, 0.2) is 18.2 Å². The summed E-state index contributed by atoms with van der Waals surface area (Å²) in [5.41, 5.74) is 17.7. The molecule has 0 radical (unpaired) electrons. The van der Waals surface area contributed by atoms with Gasteiger partial charge in [0, 0.05) is 11.6 Å². The Balaban J connectivity index is 3.21. The number of nitrogens with zero attached hydrogens (tertiary/aromatic N) is 1. The Morgan fingerprint density at radius 1 is 1.28 bits per heavy atom. The van der Waals surface area contributed by atoms with E-state index in [9.17, 15) is 9.59 Å². The molecular formula is C12H18N4O2. The van der Waals surface area contributed by atoms with Crippen molar-refractivity contribution in [2.24, 2.45) is 11.5 Å². The molecule has 0 fully saturated rings. The minimum atomic E-state index is -0.543. The first-order chi connectivity index (χ1) is 8.32. The molecule has 1 rings (SSSR count). The van der Waals surface area contributed by atoms with Gasteiger partial charge in [-0.2, -0.15) is 0 Å². The zero-order valence-electron chi connectivity index (χ0n) is 10.5. The van der Waals surface area contributed by atoms with Crippen LogP contribution in [0.2, 0.25) is 0 Å². The van der Waals surface area contributed by atoms with Gasteiger partial charge < -0.3 is 22.1 Å². The minimum Gasteiger partial charge on any atom is -0.397 e. The van der Waals surface area contributed by atoms with Crippen molar-refractivity contribution >= 4 is 23.2 Å². The van der Waals surface area contributed by atoms with Gasteiger partial charge in [-0.1, -0.05) is 0 Å². The molecule has 1 aromatic carbocycles. The molecule has 6 nitrogen and oxygen atoms in total. The summed E-state index contributed by atoms with van der Waals surface area (Å²) in [4.78, 5) is 23.9. The van der Waals surface area contributed by atoms with Crippen LogP contribution in [-0.4, -0.2) is 24.4 Å². The molecule has 18 heavy (non-hydrogen) atoms. The Labute approximate surface area is 106 Å². The Morgan fingerprint density at radius 2 is 1.89 bits per heavy atom. The second-order valence-electron chi connectivity index (χ2n) is 4.33. The van der Waals surface area contributed by atoms with Crippen molar-refractivity contribution < 1.29 is 9.59 Å². The highest BCUT2D eigenvalue weighted by molar-refractivity contribution is 5.95. The van der Waals surface area contributed by atoms with E-state index in [1.54, 1.807) is 23.1 Å². The molecule has 0 saturated carbocycles. The third-order valence-electron chi connectivity index (χ3n) is 2.57. The molecule has 6 heteroatoms. The molecule has 0 aliphatic carbocycles. The summed E-state index contributed by atoms with van der Waals surface area (Å²) in [6, 6.07) is 4.72. The first-order valence-corrected chi connectivity index (χ1v) is 5.57. The van der Waals surface area contributed by atoms with Crippen molar-refractivity contribution in [2.45, 2.75) is 19.9 Å². The lowest BCUT2D eigenvalue weighted by Crippen LogP contribution is -2.39. The number of benzene rings is 1. The van der Waals surface area contributed by atoms with Crippen LogP contribution in [0.4, 0.5) is 11.4 Å². The van der Waals surface area contributed by atoms with Crippen LogP contribution in [-0.2, 0) is 4.79 Å². The molecular weight excluding hydrogens is 232 g/mol. The van der Waals surface area contributed by atoms with Crippen molar-refractivity contribution in [2.75, 3.05) is 17.2 Å². The zero-order valence-corrected chi connectivity index (χ0v) is 10.5. The van der Waals surface area contributed by atoms with Gasteiger partial charge in [0.15, 0.2) is 0 Å². The van der Waals surface area contributed by atoms with Gasteiger partial charge in [0.05, 0.1) is 17.9 Å². The summed E-state index contributed by atoms with van der Waals surface area (Å²) in [5.74, 6) is -1.01. The zero-order chi connectivity index (χ0) is 13.9. The average molecular weight is 250 g/mol. The SMILES string of the molecule is CC(C)N(CC(N)=O)c1cc(C(N)=O)ccc1N. The number of anilines is 2. The van der Waals surface area contributed by atoms with Crippen molar-refractivity contribution in [1.82, 2.24) is 0 Å². The number of rotatable bonds is 5. The number of nitrogen functional groups attached to an aromatic ring is 1. The van der Waals surface area contributed by atoms with Crippen LogP contribution >= 0.6 is 0 Å². The highest BCUT2D eigenvalue weighted by Gasteiger charge is 2.17. The van der Waals surface area contributed by atoms with Crippen LogP contribution in [0.5, 0.6) is 0 Å². The summed E-state index contributed by atoms with van der Waals surface area (Å²) >= 11 is 0. The first-order valence-electron chi connectivity index (χ1n) is 5.57. The van der Waals surface area contributed by atoms with Gasteiger partial charge in [-0.3, -0.25) is 9.59 Å². The molecule has 6 N–H and O–H groups in total. The van der Waals surface area contributed by atoms with E-state index in [0.29, 0.717) is 16.9 Å². The van der Waals surface area contributed by atoms with Crippen molar-refractivity contribution in [3.05, 3.63) is 23.8 Å². The summed E-state index contributed by atoms with van der Waals surface area (Å²) < 4.78 is 0. The van der Waals surface area contributed by atoms with Crippen LogP contribution in [0.3, 0.4) is 0 Å². The normalized spacial score (nSPS) is 10.4. The highest BCUT2D eigenvalue weighted by atomic mass is 16.1. The van der Waals surface area contributed by atoms with Gasteiger partial charge >= 0.3 is 0 Å². The Bertz CT molecular complexity index is 471. The third-order valence-corrected chi connectivity index (χ3v) is 2.57. The summed E-state index contributed by atoms with van der Waals surface area (Å²) in [7, 11) is 0. The Hall–Kier alpha value is -2.24. The molecule has 0 saturated heterocycles. The topological polar surface area (TPSA) is 115 Å². The number of nitrogens with two attached hydrogens (primary N) is 3. The largest absolute Gasteiger partial charge is 0.397 e. The highest BCUT2D eigenvalue weighted by Crippen LogP contribution is 2.26. The van der Waals surface area contributed by atoms with E-state index in [1.165, 1.54) is 0 Å². The first kappa shape index (κ1) is 13.8. The van der Waals surface area contributed by atoms with E-state index in [-0.39, 0.29) is 12.6 Å². The molecule has 0 spiro atoms. The fourth-order valence-corrected chi connectivity index (χ4v) is 1.66. The molecule has 0 aliphatic heterocycles. The molecule has 1 aromatic rings. The molecule has 0 aromatic heterocycles. The lowest BCUT2D eigenvalue weighted by atomic mass is 10.1. The van der Waals surface area contributed by atoms with Gasteiger partial charge in [0.2, 0.25) is 11.8 Å². The molecule has 0 heterocycles. The van der Waals surface area contributed by atoms with E-state index in [1.807, 2.05) is 13.8 Å². The summed E-state index contributed by atoms with van der Waals surface area (Å²) in [6.07, 6.45) is 0.